The molecule has 1 saturated heterocycles. The van der Waals surface area contributed by atoms with Crippen molar-refractivity contribution in [2.24, 2.45) is 0 Å². The van der Waals surface area contributed by atoms with Crippen molar-refractivity contribution in [3.63, 3.8) is 0 Å². The minimum Gasteiger partial charge on any atom is -0.379 e. The number of amides is 3. The van der Waals surface area contributed by atoms with E-state index < -0.39 is 0 Å². The lowest BCUT2D eigenvalue weighted by molar-refractivity contribution is 0.0377. The zero-order chi connectivity index (χ0) is 28.5. The minimum absolute atomic E-state index is 0.242. The van der Waals surface area contributed by atoms with Gasteiger partial charge in [0, 0.05) is 56.4 Å². The number of nitrogens with one attached hydrogen (secondary N) is 3. The van der Waals surface area contributed by atoms with Crippen molar-refractivity contribution < 1.29 is 14.3 Å². The molecule has 3 aromatic rings. The lowest BCUT2D eigenvalue weighted by Crippen LogP contribution is -2.40. The highest BCUT2D eigenvalue weighted by Crippen LogP contribution is 2.22. The third-order valence-corrected chi connectivity index (χ3v) is 6.90. The van der Waals surface area contributed by atoms with Crippen LogP contribution in [-0.2, 0) is 4.74 Å². The zero-order valence-electron chi connectivity index (χ0n) is 23.7. The van der Waals surface area contributed by atoms with E-state index in [1.54, 1.807) is 36.3 Å². The predicted octanol–water partition coefficient (Wildman–Crippen LogP) is 4.96. The fourth-order valence-corrected chi connectivity index (χ4v) is 4.48. The van der Waals surface area contributed by atoms with Gasteiger partial charge in [0.1, 0.15) is 5.82 Å². The molecule has 0 aliphatic carbocycles. The number of benzene rings is 2. The molecule has 1 aliphatic heterocycles. The monoisotopic (exact) mass is 545 g/mol. The molecule has 10 nitrogen and oxygen atoms in total. The highest BCUT2D eigenvalue weighted by Gasteiger charge is 2.20. The van der Waals surface area contributed by atoms with Gasteiger partial charge in [-0.3, -0.25) is 14.6 Å². The van der Waals surface area contributed by atoms with Crippen LogP contribution in [0, 0.1) is 6.92 Å². The van der Waals surface area contributed by atoms with Gasteiger partial charge in [0.2, 0.25) is 5.95 Å². The molecule has 4 rings (SSSR count). The fourth-order valence-electron chi connectivity index (χ4n) is 4.48. The van der Waals surface area contributed by atoms with Crippen LogP contribution in [0.15, 0.2) is 54.7 Å². The van der Waals surface area contributed by atoms with Crippen molar-refractivity contribution >= 4 is 35.1 Å². The van der Waals surface area contributed by atoms with Gasteiger partial charge < -0.3 is 20.7 Å². The SMILES string of the molecule is CNc1nccc(N(CCCN2CCOCC2)C(=O)Nc2cc(C(=O)Nc3cccc(C(C)C)c3)ccc2C)n1. The lowest BCUT2D eigenvalue weighted by atomic mass is 10.0. The number of hydrogen-bond donors (Lipinski definition) is 3. The largest absolute Gasteiger partial charge is 0.379 e. The van der Waals surface area contributed by atoms with Crippen molar-refractivity contribution in [3.05, 3.63) is 71.4 Å². The summed E-state index contributed by atoms with van der Waals surface area (Å²) in [6, 6.07) is 14.5. The molecule has 0 spiro atoms. The highest BCUT2D eigenvalue weighted by molar-refractivity contribution is 6.06. The quantitative estimate of drug-likeness (QED) is 0.330. The number of nitrogens with zero attached hydrogens (tertiary/aromatic N) is 4. The molecule has 0 atom stereocenters. The first kappa shape index (κ1) is 29.0. The predicted molar refractivity (Wildman–Crippen MR) is 159 cm³/mol. The van der Waals surface area contributed by atoms with Crippen LogP contribution in [0.4, 0.5) is 27.9 Å². The summed E-state index contributed by atoms with van der Waals surface area (Å²) >= 11 is 0. The molecule has 1 aliphatic rings. The van der Waals surface area contributed by atoms with Gasteiger partial charge in [-0.25, -0.2) is 9.78 Å². The number of anilines is 4. The molecule has 0 radical (unpaired) electrons. The van der Waals surface area contributed by atoms with E-state index in [2.05, 4.69) is 44.7 Å². The van der Waals surface area contributed by atoms with E-state index >= 15 is 0 Å². The minimum atomic E-state index is -0.326. The molecule has 10 heteroatoms. The van der Waals surface area contributed by atoms with Crippen LogP contribution < -0.4 is 20.9 Å². The standard InChI is InChI=1S/C30H39N7O3/c1-21(2)23-7-5-8-25(19-23)33-28(38)24-10-9-22(3)26(20-24)34-30(39)37(27-11-12-32-29(31-4)35-27)14-6-13-36-15-17-40-18-16-36/h5,7-12,19-21H,6,13-18H2,1-4H3,(H,33,38)(H,34,39)(H,31,32,35). The van der Waals surface area contributed by atoms with Gasteiger partial charge in [-0.2, -0.15) is 4.98 Å². The number of urea groups is 1. The van der Waals surface area contributed by atoms with Crippen LogP contribution in [0.2, 0.25) is 0 Å². The van der Waals surface area contributed by atoms with Crippen LogP contribution >= 0.6 is 0 Å². The third kappa shape index (κ3) is 7.77. The van der Waals surface area contributed by atoms with E-state index in [1.165, 1.54) is 0 Å². The van der Waals surface area contributed by atoms with Crippen molar-refractivity contribution in [2.75, 3.05) is 67.3 Å². The van der Waals surface area contributed by atoms with Crippen LogP contribution in [-0.4, -0.2) is 73.2 Å². The first-order valence-electron chi connectivity index (χ1n) is 13.8. The maximum atomic E-state index is 13.6. The number of ether oxygens (including phenoxy) is 1. The molecule has 2 aromatic carbocycles. The Bertz CT molecular complexity index is 1310. The Morgan fingerprint density at radius 3 is 2.62 bits per heavy atom. The first-order chi connectivity index (χ1) is 19.3. The third-order valence-electron chi connectivity index (χ3n) is 6.90. The van der Waals surface area contributed by atoms with Gasteiger partial charge >= 0.3 is 6.03 Å². The number of rotatable bonds is 10. The normalized spacial score (nSPS) is 13.6. The van der Waals surface area contributed by atoms with Crippen LogP contribution in [0.3, 0.4) is 0 Å². The summed E-state index contributed by atoms with van der Waals surface area (Å²) in [6.45, 7) is 10.7. The molecular formula is C30H39N7O3. The van der Waals surface area contributed by atoms with Crippen LogP contribution in [0.5, 0.6) is 0 Å². The molecule has 0 bridgehead atoms. The molecule has 40 heavy (non-hydrogen) atoms. The molecular weight excluding hydrogens is 506 g/mol. The number of aromatic nitrogens is 2. The lowest BCUT2D eigenvalue weighted by Gasteiger charge is -2.28. The molecule has 1 fully saturated rings. The van der Waals surface area contributed by atoms with E-state index in [0.29, 0.717) is 35.5 Å². The summed E-state index contributed by atoms with van der Waals surface area (Å²) in [5.41, 5.74) is 3.75. The summed E-state index contributed by atoms with van der Waals surface area (Å²) in [7, 11) is 1.74. The molecule has 1 aromatic heterocycles. The molecule has 0 saturated carbocycles. The van der Waals surface area contributed by atoms with E-state index in [9.17, 15) is 9.59 Å². The second-order valence-electron chi connectivity index (χ2n) is 10.1. The number of carbonyl (C=O) groups excluding carboxylic acids is 2. The Balaban J connectivity index is 1.49. The van der Waals surface area contributed by atoms with Crippen molar-refractivity contribution in [1.82, 2.24) is 14.9 Å². The highest BCUT2D eigenvalue weighted by atomic mass is 16.5. The average Bonchev–Trinajstić information content (AvgIpc) is 2.97. The molecule has 0 unspecified atom stereocenters. The summed E-state index contributed by atoms with van der Waals surface area (Å²) in [5.74, 6) is 1.04. The van der Waals surface area contributed by atoms with Crippen molar-refractivity contribution in [2.45, 2.75) is 33.1 Å². The second kappa shape index (κ2) is 13.9. The van der Waals surface area contributed by atoms with Gasteiger partial charge in [-0.05, 0) is 60.7 Å². The van der Waals surface area contributed by atoms with Crippen molar-refractivity contribution in [3.8, 4) is 0 Å². The first-order valence-corrected chi connectivity index (χ1v) is 13.8. The smallest absolute Gasteiger partial charge is 0.327 e. The topological polar surface area (TPSA) is 112 Å². The Morgan fingerprint density at radius 1 is 1.07 bits per heavy atom. The Hall–Kier alpha value is -4.02. The maximum Gasteiger partial charge on any atom is 0.327 e. The maximum absolute atomic E-state index is 13.6. The number of aryl methyl sites for hydroxylation is 1. The Labute approximate surface area is 236 Å². The molecule has 212 valence electrons. The molecule has 3 amide bonds. The summed E-state index contributed by atoms with van der Waals surface area (Å²) in [5, 5.41) is 8.91. The van der Waals surface area contributed by atoms with Crippen molar-refractivity contribution in [1.29, 1.82) is 0 Å². The molecule has 2 heterocycles. The Kier molecular flexibility index (Phi) is 10.0. The van der Waals surface area contributed by atoms with E-state index in [-0.39, 0.29) is 11.9 Å². The summed E-state index contributed by atoms with van der Waals surface area (Å²) < 4.78 is 5.44. The average molecular weight is 546 g/mol. The summed E-state index contributed by atoms with van der Waals surface area (Å²) in [6.07, 6.45) is 2.39. The van der Waals surface area contributed by atoms with E-state index in [0.717, 1.165) is 56.1 Å². The number of hydrogen-bond acceptors (Lipinski definition) is 7. The van der Waals surface area contributed by atoms with Crippen LogP contribution in [0.25, 0.3) is 0 Å². The Morgan fingerprint density at radius 2 is 1.88 bits per heavy atom. The summed E-state index contributed by atoms with van der Waals surface area (Å²) in [4.78, 5) is 39.3. The second-order valence-corrected chi connectivity index (χ2v) is 10.1. The van der Waals surface area contributed by atoms with Gasteiger partial charge in [0.05, 0.1) is 13.2 Å². The van der Waals surface area contributed by atoms with Gasteiger partial charge in [-0.1, -0.05) is 32.0 Å². The number of carbonyl (C=O) groups is 2. The van der Waals surface area contributed by atoms with Gasteiger partial charge in [0.15, 0.2) is 0 Å². The van der Waals surface area contributed by atoms with Gasteiger partial charge in [-0.15, -0.1) is 0 Å². The van der Waals surface area contributed by atoms with E-state index in [4.69, 9.17) is 4.74 Å². The van der Waals surface area contributed by atoms with Crippen LogP contribution in [0.1, 0.15) is 47.7 Å². The van der Waals surface area contributed by atoms with E-state index in [1.807, 2.05) is 37.3 Å². The van der Waals surface area contributed by atoms with Gasteiger partial charge in [0.25, 0.3) is 5.91 Å². The zero-order valence-corrected chi connectivity index (χ0v) is 23.7. The fraction of sp³-hybridized carbons (Fsp3) is 0.400. The molecule has 3 N–H and O–H groups in total. The number of morpholine rings is 1.